The summed E-state index contributed by atoms with van der Waals surface area (Å²) in [5.74, 6) is 0.191. The minimum Gasteiger partial charge on any atom is -0.355 e. The predicted octanol–water partition coefficient (Wildman–Crippen LogP) is 5.34. The summed E-state index contributed by atoms with van der Waals surface area (Å²) in [4.78, 5) is 11.4. The molecule has 1 atom stereocenters. The molecule has 0 bridgehead atoms. The fraction of sp³-hybridized carbons (Fsp3) is 0.952. The van der Waals surface area contributed by atoms with Crippen LogP contribution in [0.5, 0.6) is 0 Å². The van der Waals surface area contributed by atoms with E-state index in [0.29, 0.717) is 0 Å². The number of carbonyl (C=O) groups is 1. The lowest BCUT2D eigenvalue weighted by Crippen LogP contribution is -2.29. The average Bonchev–Trinajstić information content (AvgIpc) is 3.42. The molecule has 0 aromatic heterocycles. The van der Waals surface area contributed by atoms with Crippen molar-refractivity contribution in [1.29, 1.82) is 0 Å². The second kappa shape index (κ2) is 15.9. The van der Waals surface area contributed by atoms with Crippen LogP contribution in [0.2, 0.25) is 0 Å². The Balaban J connectivity index is 1.64. The molecular weight excluding hydrogens is 296 g/mol. The third-order valence-electron chi connectivity index (χ3n) is 5.05. The van der Waals surface area contributed by atoms with Crippen LogP contribution in [-0.4, -0.2) is 25.0 Å². The number of amides is 1. The van der Waals surface area contributed by atoms with E-state index in [9.17, 15) is 4.79 Å². The van der Waals surface area contributed by atoms with Crippen molar-refractivity contribution in [2.75, 3.05) is 13.1 Å². The van der Waals surface area contributed by atoms with Gasteiger partial charge in [-0.15, -0.1) is 0 Å². The van der Waals surface area contributed by atoms with E-state index in [-0.39, 0.29) is 11.9 Å². The van der Waals surface area contributed by atoms with Crippen LogP contribution in [0.3, 0.4) is 0 Å². The van der Waals surface area contributed by atoms with Gasteiger partial charge in [0.2, 0.25) is 5.91 Å². The van der Waals surface area contributed by atoms with Gasteiger partial charge in [0.1, 0.15) is 0 Å². The maximum atomic E-state index is 11.4. The van der Waals surface area contributed by atoms with Crippen LogP contribution >= 0.6 is 0 Å². The molecular formula is C21H42N2O. The van der Waals surface area contributed by atoms with Crippen LogP contribution < -0.4 is 10.6 Å². The second-order valence-corrected chi connectivity index (χ2v) is 7.56. The highest BCUT2D eigenvalue weighted by molar-refractivity contribution is 5.84. The Morgan fingerprint density at radius 3 is 1.50 bits per heavy atom. The summed E-state index contributed by atoms with van der Waals surface area (Å²) >= 11 is 0. The molecule has 0 spiro atoms. The highest BCUT2D eigenvalue weighted by Gasteiger charge is 2.27. The number of rotatable bonds is 18. The minimum absolute atomic E-state index is 0.117. The normalized spacial score (nSPS) is 16.3. The molecule has 1 unspecified atom stereocenters. The molecule has 1 heterocycles. The number of nitrogens with one attached hydrogen (secondary N) is 2. The van der Waals surface area contributed by atoms with Gasteiger partial charge in [-0.3, -0.25) is 4.79 Å². The van der Waals surface area contributed by atoms with Crippen molar-refractivity contribution in [3.63, 3.8) is 0 Å². The monoisotopic (exact) mass is 338 g/mol. The number of unbranched alkanes of at least 4 members (excludes halogenated alkanes) is 15. The first-order chi connectivity index (χ1) is 11.8. The molecule has 0 aromatic rings. The molecule has 3 nitrogen and oxygen atoms in total. The first kappa shape index (κ1) is 21.5. The highest BCUT2D eigenvalue weighted by Crippen LogP contribution is 2.13. The van der Waals surface area contributed by atoms with E-state index >= 15 is 0 Å². The standard InChI is InChI=1S/C21H42N2O/c1-2-3-4-5-6-7-8-9-10-11-12-13-14-15-16-17-18-22-21(24)20-19-23-20/h20,23H,2-19H2,1H3,(H,22,24). The molecule has 24 heavy (non-hydrogen) atoms. The van der Waals surface area contributed by atoms with Crippen LogP contribution in [-0.2, 0) is 4.79 Å². The van der Waals surface area contributed by atoms with E-state index in [1.54, 1.807) is 0 Å². The van der Waals surface area contributed by atoms with E-state index < -0.39 is 0 Å². The number of carbonyl (C=O) groups excluding carboxylic acids is 1. The molecule has 1 amide bonds. The lowest BCUT2D eigenvalue weighted by atomic mass is 10.0. The van der Waals surface area contributed by atoms with Crippen molar-refractivity contribution in [2.24, 2.45) is 0 Å². The zero-order valence-electron chi connectivity index (χ0n) is 16.2. The fourth-order valence-corrected chi connectivity index (χ4v) is 3.25. The maximum absolute atomic E-state index is 11.4. The summed E-state index contributed by atoms with van der Waals surface area (Å²) in [5, 5.41) is 6.02. The molecule has 142 valence electrons. The number of hydrogen-bond acceptors (Lipinski definition) is 2. The van der Waals surface area contributed by atoms with Gasteiger partial charge in [-0.25, -0.2) is 0 Å². The zero-order valence-corrected chi connectivity index (χ0v) is 16.2. The van der Waals surface area contributed by atoms with Crippen molar-refractivity contribution in [1.82, 2.24) is 10.6 Å². The van der Waals surface area contributed by atoms with Crippen molar-refractivity contribution in [2.45, 2.75) is 116 Å². The summed E-state index contributed by atoms with van der Waals surface area (Å²) in [6.07, 6.45) is 22.3. The lowest BCUT2D eigenvalue weighted by molar-refractivity contribution is -0.120. The smallest absolute Gasteiger partial charge is 0.238 e. The maximum Gasteiger partial charge on any atom is 0.238 e. The molecule has 3 heteroatoms. The topological polar surface area (TPSA) is 51.0 Å². The van der Waals surface area contributed by atoms with E-state index in [0.717, 1.165) is 19.5 Å². The Kier molecular flexibility index (Phi) is 14.3. The third-order valence-corrected chi connectivity index (χ3v) is 5.05. The van der Waals surface area contributed by atoms with Crippen molar-refractivity contribution in [3.8, 4) is 0 Å². The minimum atomic E-state index is 0.117. The molecule has 0 saturated carbocycles. The molecule has 0 aliphatic carbocycles. The Morgan fingerprint density at radius 2 is 1.12 bits per heavy atom. The van der Waals surface area contributed by atoms with Gasteiger partial charge >= 0.3 is 0 Å². The quantitative estimate of drug-likeness (QED) is 0.262. The summed E-state index contributed by atoms with van der Waals surface area (Å²) in [7, 11) is 0. The molecule has 1 aliphatic rings. The fourth-order valence-electron chi connectivity index (χ4n) is 3.25. The second-order valence-electron chi connectivity index (χ2n) is 7.56. The van der Waals surface area contributed by atoms with Crippen LogP contribution in [0, 0.1) is 0 Å². The first-order valence-corrected chi connectivity index (χ1v) is 10.9. The van der Waals surface area contributed by atoms with Crippen LogP contribution in [0.4, 0.5) is 0 Å². The van der Waals surface area contributed by atoms with Crippen LogP contribution in [0.1, 0.15) is 110 Å². The molecule has 2 N–H and O–H groups in total. The van der Waals surface area contributed by atoms with Gasteiger partial charge in [-0.05, 0) is 6.42 Å². The highest BCUT2D eigenvalue weighted by atomic mass is 16.2. The van der Waals surface area contributed by atoms with Gasteiger partial charge in [0.15, 0.2) is 0 Å². The average molecular weight is 339 g/mol. The van der Waals surface area contributed by atoms with E-state index in [2.05, 4.69) is 17.6 Å². The van der Waals surface area contributed by atoms with Gasteiger partial charge in [0.25, 0.3) is 0 Å². The molecule has 1 saturated heterocycles. The number of hydrogen-bond donors (Lipinski definition) is 2. The zero-order chi connectivity index (χ0) is 17.3. The molecule has 1 aliphatic heterocycles. The Bertz CT molecular complexity index is 290. The molecule has 0 aromatic carbocycles. The Hall–Kier alpha value is -0.570. The van der Waals surface area contributed by atoms with Crippen molar-refractivity contribution < 1.29 is 4.79 Å². The van der Waals surface area contributed by atoms with E-state index in [1.807, 2.05) is 0 Å². The first-order valence-electron chi connectivity index (χ1n) is 10.9. The SMILES string of the molecule is CCCCCCCCCCCCCCCCCCNC(=O)C1CN1. The van der Waals surface area contributed by atoms with Crippen LogP contribution in [0.15, 0.2) is 0 Å². The van der Waals surface area contributed by atoms with E-state index in [4.69, 9.17) is 0 Å². The summed E-state index contributed by atoms with van der Waals surface area (Å²) in [5.41, 5.74) is 0. The predicted molar refractivity (Wildman–Crippen MR) is 104 cm³/mol. The van der Waals surface area contributed by atoms with Gasteiger partial charge in [0, 0.05) is 13.1 Å². The lowest BCUT2D eigenvalue weighted by Gasteiger charge is -2.04. The van der Waals surface area contributed by atoms with E-state index in [1.165, 1.54) is 96.3 Å². The molecule has 0 radical (unpaired) electrons. The molecule has 1 fully saturated rings. The van der Waals surface area contributed by atoms with Gasteiger partial charge in [0.05, 0.1) is 6.04 Å². The van der Waals surface area contributed by atoms with Crippen LogP contribution in [0.25, 0.3) is 0 Å². The third kappa shape index (κ3) is 13.8. The Labute approximate surface area is 150 Å². The van der Waals surface area contributed by atoms with Crippen molar-refractivity contribution in [3.05, 3.63) is 0 Å². The summed E-state index contributed by atoms with van der Waals surface area (Å²) in [6.45, 7) is 4.01. The molecule has 1 rings (SSSR count). The van der Waals surface area contributed by atoms with Gasteiger partial charge in [-0.2, -0.15) is 0 Å². The summed E-state index contributed by atoms with van der Waals surface area (Å²) < 4.78 is 0. The summed E-state index contributed by atoms with van der Waals surface area (Å²) in [6, 6.07) is 0.117. The van der Waals surface area contributed by atoms with Gasteiger partial charge < -0.3 is 10.6 Å². The van der Waals surface area contributed by atoms with Gasteiger partial charge in [-0.1, -0.05) is 103 Å². The van der Waals surface area contributed by atoms with Crippen molar-refractivity contribution >= 4 is 5.91 Å². The Morgan fingerprint density at radius 1 is 0.750 bits per heavy atom. The largest absolute Gasteiger partial charge is 0.355 e.